The number of piperidine rings is 1. The van der Waals surface area contributed by atoms with Crippen molar-refractivity contribution in [3.63, 3.8) is 0 Å². The molecule has 0 bridgehead atoms. The van der Waals surface area contributed by atoms with Crippen LogP contribution in [-0.4, -0.2) is 43.3 Å². The summed E-state index contributed by atoms with van der Waals surface area (Å²) in [5.41, 5.74) is 0. The van der Waals surface area contributed by atoms with Crippen LogP contribution in [0.2, 0.25) is 0 Å². The SMILES string of the molecule is CC(C)CNCCC(C)N1CCCC(C(F)(F)F)C1. The van der Waals surface area contributed by atoms with Crippen molar-refractivity contribution in [2.75, 3.05) is 26.2 Å². The highest BCUT2D eigenvalue weighted by atomic mass is 19.4. The highest BCUT2D eigenvalue weighted by Crippen LogP contribution is 2.33. The lowest BCUT2D eigenvalue weighted by Crippen LogP contribution is -2.46. The Bertz CT molecular complexity index is 254. The molecule has 1 aliphatic heterocycles. The molecule has 1 fully saturated rings. The third kappa shape index (κ3) is 6.13. The minimum Gasteiger partial charge on any atom is -0.316 e. The minimum absolute atomic E-state index is 0.175. The monoisotopic (exact) mass is 280 g/mol. The fraction of sp³-hybridized carbons (Fsp3) is 1.00. The van der Waals surface area contributed by atoms with E-state index in [4.69, 9.17) is 0 Å². The first-order chi connectivity index (χ1) is 8.80. The van der Waals surface area contributed by atoms with Crippen LogP contribution in [0.15, 0.2) is 0 Å². The molecule has 2 nitrogen and oxygen atoms in total. The van der Waals surface area contributed by atoms with Gasteiger partial charge in [-0.05, 0) is 51.7 Å². The Morgan fingerprint density at radius 2 is 1.95 bits per heavy atom. The maximum Gasteiger partial charge on any atom is 0.393 e. The zero-order chi connectivity index (χ0) is 14.5. The molecule has 0 amide bonds. The van der Waals surface area contributed by atoms with Gasteiger partial charge in [-0.3, -0.25) is 0 Å². The molecule has 19 heavy (non-hydrogen) atoms. The van der Waals surface area contributed by atoms with Gasteiger partial charge in [0, 0.05) is 12.6 Å². The Morgan fingerprint density at radius 1 is 1.26 bits per heavy atom. The van der Waals surface area contributed by atoms with Gasteiger partial charge >= 0.3 is 6.18 Å². The summed E-state index contributed by atoms with van der Waals surface area (Å²) in [6.45, 7) is 9.16. The van der Waals surface area contributed by atoms with Crippen molar-refractivity contribution < 1.29 is 13.2 Å². The van der Waals surface area contributed by atoms with Crippen LogP contribution in [0.4, 0.5) is 13.2 Å². The fourth-order valence-electron chi connectivity index (χ4n) is 2.56. The molecule has 5 heteroatoms. The first kappa shape index (κ1) is 16.8. The zero-order valence-electron chi connectivity index (χ0n) is 12.3. The number of alkyl halides is 3. The topological polar surface area (TPSA) is 15.3 Å². The predicted molar refractivity (Wildman–Crippen MR) is 72.1 cm³/mol. The van der Waals surface area contributed by atoms with Gasteiger partial charge < -0.3 is 10.2 Å². The van der Waals surface area contributed by atoms with Crippen molar-refractivity contribution in [2.45, 2.75) is 52.3 Å². The number of rotatable bonds is 6. The Balaban J connectivity index is 2.30. The van der Waals surface area contributed by atoms with Gasteiger partial charge in [0.25, 0.3) is 0 Å². The van der Waals surface area contributed by atoms with Gasteiger partial charge in [0.05, 0.1) is 5.92 Å². The van der Waals surface area contributed by atoms with E-state index < -0.39 is 12.1 Å². The summed E-state index contributed by atoms with van der Waals surface area (Å²) in [6.07, 6.45) is -2.17. The molecular formula is C14H27F3N2. The number of nitrogens with one attached hydrogen (secondary N) is 1. The lowest BCUT2D eigenvalue weighted by molar-refractivity contribution is -0.188. The standard InChI is InChI=1S/C14H27F3N2/c1-11(2)9-18-7-6-12(3)19-8-4-5-13(10-19)14(15,16)17/h11-13,18H,4-10H2,1-3H3. The van der Waals surface area contributed by atoms with Gasteiger partial charge in [0.2, 0.25) is 0 Å². The Kier molecular flexibility index (Phi) is 6.60. The van der Waals surface area contributed by atoms with Crippen molar-refractivity contribution in [2.24, 2.45) is 11.8 Å². The number of likely N-dealkylation sites (tertiary alicyclic amines) is 1. The van der Waals surface area contributed by atoms with Crippen molar-refractivity contribution in [3.05, 3.63) is 0 Å². The summed E-state index contributed by atoms with van der Waals surface area (Å²) < 4.78 is 38.2. The third-order valence-corrected chi connectivity index (χ3v) is 3.83. The van der Waals surface area contributed by atoms with Crippen LogP contribution in [0, 0.1) is 11.8 Å². The molecule has 0 aromatic carbocycles. The first-order valence-electron chi connectivity index (χ1n) is 7.32. The van der Waals surface area contributed by atoms with Crippen LogP contribution in [0.1, 0.15) is 40.0 Å². The second-order valence-electron chi connectivity index (χ2n) is 6.11. The first-order valence-corrected chi connectivity index (χ1v) is 7.32. The van der Waals surface area contributed by atoms with Gasteiger partial charge in [-0.25, -0.2) is 0 Å². The largest absolute Gasteiger partial charge is 0.393 e. The fourth-order valence-corrected chi connectivity index (χ4v) is 2.56. The quantitative estimate of drug-likeness (QED) is 0.751. The van der Waals surface area contributed by atoms with Gasteiger partial charge in [-0.2, -0.15) is 13.2 Å². The molecule has 0 aromatic heterocycles. The summed E-state index contributed by atoms with van der Waals surface area (Å²) in [5.74, 6) is -0.521. The molecule has 0 aliphatic carbocycles. The van der Waals surface area contributed by atoms with Crippen molar-refractivity contribution in [3.8, 4) is 0 Å². The highest BCUT2D eigenvalue weighted by molar-refractivity contribution is 4.81. The molecule has 114 valence electrons. The molecule has 1 saturated heterocycles. The predicted octanol–water partition coefficient (Wildman–Crippen LogP) is 3.28. The van der Waals surface area contributed by atoms with E-state index in [1.54, 1.807) is 0 Å². The van der Waals surface area contributed by atoms with Crippen LogP contribution in [-0.2, 0) is 0 Å². The van der Waals surface area contributed by atoms with E-state index in [1.807, 2.05) is 11.8 Å². The molecule has 1 N–H and O–H groups in total. The average molecular weight is 280 g/mol. The Labute approximate surface area is 114 Å². The van der Waals surface area contributed by atoms with Crippen LogP contribution in [0.25, 0.3) is 0 Å². The molecule has 1 heterocycles. The van der Waals surface area contributed by atoms with Crippen LogP contribution in [0.5, 0.6) is 0 Å². The van der Waals surface area contributed by atoms with Crippen molar-refractivity contribution in [1.29, 1.82) is 0 Å². The van der Waals surface area contributed by atoms with Gasteiger partial charge in [-0.15, -0.1) is 0 Å². The van der Waals surface area contributed by atoms with Crippen LogP contribution >= 0.6 is 0 Å². The lowest BCUT2D eigenvalue weighted by Gasteiger charge is -2.37. The number of halogens is 3. The number of hydrogen-bond donors (Lipinski definition) is 1. The summed E-state index contributed by atoms with van der Waals surface area (Å²) >= 11 is 0. The van der Waals surface area contributed by atoms with Gasteiger partial charge in [0.1, 0.15) is 0 Å². The molecule has 0 aromatic rings. The molecule has 2 atom stereocenters. The summed E-state index contributed by atoms with van der Waals surface area (Å²) in [4.78, 5) is 2.00. The van der Waals surface area contributed by atoms with E-state index in [-0.39, 0.29) is 19.0 Å². The molecular weight excluding hydrogens is 253 g/mol. The third-order valence-electron chi connectivity index (χ3n) is 3.83. The van der Waals surface area contributed by atoms with Gasteiger partial charge in [-0.1, -0.05) is 13.8 Å². The number of nitrogens with zero attached hydrogens (tertiary/aromatic N) is 1. The van der Waals surface area contributed by atoms with E-state index in [2.05, 4.69) is 19.2 Å². The Hall–Kier alpha value is -0.290. The number of hydrogen-bond acceptors (Lipinski definition) is 2. The lowest BCUT2D eigenvalue weighted by atomic mass is 9.96. The molecule has 1 aliphatic rings. The van der Waals surface area contributed by atoms with Crippen molar-refractivity contribution in [1.82, 2.24) is 10.2 Å². The molecule has 0 radical (unpaired) electrons. The molecule has 0 spiro atoms. The average Bonchev–Trinajstić information content (AvgIpc) is 2.33. The molecule has 2 unspecified atom stereocenters. The maximum absolute atomic E-state index is 12.7. The van der Waals surface area contributed by atoms with E-state index >= 15 is 0 Å². The molecule has 1 rings (SSSR count). The van der Waals surface area contributed by atoms with E-state index in [0.29, 0.717) is 12.3 Å². The Morgan fingerprint density at radius 3 is 2.53 bits per heavy atom. The summed E-state index contributed by atoms with van der Waals surface area (Å²) in [7, 11) is 0. The van der Waals surface area contributed by atoms with Crippen LogP contribution in [0.3, 0.4) is 0 Å². The van der Waals surface area contributed by atoms with E-state index in [9.17, 15) is 13.2 Å². The van der Waals surface area contributed by atoms with E-state index in [0.717, 1.165) is 26.1 Å². The second-order valence-corrected chi connectivity index (χ2v) is 6.11. The maximum atomic E-state index is 12.7. The summed E-state index contributed by atoms with van der Waals surface area (Å²) in [5, 5.41) is 3.35. The molecule has 0 saturated carbocycles. The smallest absolute Gasteiger partial charge is 0.316 e. The highest BCUT2D eigenvalue weighted by Gasteiger charge is 2.42. The summed E-state index contributed by atoms with van der Waals surface area (Å²) in [6, 6.07) is 0.227. The zero-order valence-corrected chi connectivity index (χ0v) is 12.3. The minimum atomic E-state index is -4.03. The van der Waals surface area contributed by atoms with Crippen LogP contribution < -0.4 is 5.32 Å². The normalized spacial score (nSPS) is 23.8. The van der Waals surface area contributed by atoms with E-state index in [1.165, 1.54) is 0 Å². The van der Waals surface area contributed by atoms with Crippen molar-refractivity contribution >= 4 is 0 Å². The second kappa shape index (κ2) is 7.48. The van der Waals surface area contributed by atoms with Gasteiger partial charge in [0.15, 0.2) is 0 Å².